The van der Waals surface area contributed by atoms with Crippen LogP contribution in [0, 0.1) is 5.82 Å². The van der Waals surface area contributed by atoms with Crippen LogP contribution in [0.4, 0.5) is 4.39 Å². The van der Waals surface area contributed by atoms with E-state index in [1.54, 1.807) is 4.57 Å². The Hall–Kier alpha value is -1.84. The number of nitrogens with zero attached hydrogens (tertiary/aromatic N) is 3. The highest BCUT2D eigenvalue weighted by Gasteiger charge is 2.19. The van der Waals surface area contributed by atoms with Crippen molar-refractivity contribution in [3.05, 3.63) is 41.7 Å². The number of benzene rings is 1. The molecule has 7 nitrogen and oxygen atoms in total. The Balaban J connectivity index is 2.25. The van der Waals surface area contributed by atoms with Gasteiger partial charge in [-0.2, -0.15) is 0 Å². The summed E-state index contributed by atoms with van der Waals surface area (Å²) >= 11 is 0. The number of aromatic nitrogens is 3. The Bertz CT molecular complexity index is 729. The van der Waals surface area contributed by atoms with Gasteiger partial charge in [-0.1, -0.05) is 6.07 Å². The average molecular weight is 313 g/mol. The predicted octanol–water partition coefficient (Wildman–Crippen LogP) is 0.374. The van der Waals surface area contributed by atoms with Crippen LogP contribution in [-0.2, 0) is 29.7 Å². The molecular formula is C12H16FN5O2S. The molecule has 9 heteroatoms. The first-order chi connectivity index (χ1) is 9.97. The van der Waals surface area contributed by atoms with Gasteiger partial charge in [-0.15, -0.1) is 10.2 Å². The van der Waals surface area contributed by atoms with E-state index in [9.17, 15) is 12.8 Å². The standard InChI is InChI=1S/C12H16FN5O2S/c1-2-18-8-15-17-12(18)7-16-21(19,20)11-5-10(13)4-3-9(11)6-14/h3-5,8,16H,2,6-7,14H2,1H3. The quantitative estimate of drug-likeness (QED) is 0.802. The van der Waals surface area contributed by atoms with Crippen molar-refractivity contribution in [3.8, 4) is 0 Å². The van der Waals surface area contributed by atoms with Crippen molar-refractivity contribution in [2.45, 2.75) is 31.5 Å². The van der Waals surface area contributed by atoms with E-state index in [0.29, 0.717) is 17.9 Å². The molecule has 3 N–H and O–H groups in total. The van der Waals surface area contributed by atoms with E-state index in [1.807, 2.05) is 6.92 Å². The number of nitrogens with two attached hydrogens (primary N) is 1. The normalized spacial score (nSPS) is 11.8. The fraction of sp³-hybridized carbons (Fsp3) is 0.333. The highest BCUT2D eigenvalue weighted by Crippen LogP contribution is 2.17. The number of hydrogen-bond donors (Lipinski definition) is 2. The lowest BCUT2D eigenvalue weighted by molar-refractivity contribution is 0.570. The minimum Gasteiger partial charge on any atom is -0.326 e. The zero-order chi connectivity index (χ0) is 15.5. The van der Waals surface area contributed by atoms with E-state index in [-0.39, 0.29) is 18.0 Å². The molecule has 0 aliphatic rings. The Morgan fingerprint density at radius 3 is 2.86 bits per heavy atom. The Labute approximate surface area is 122 Å². The molecule has 0 bridgehead atoms. The number of rotatable bonds is 6. The zero-order valence-electron chi connectivity index (χ0n) is 11.5. The topological polar surface area (TPSA) is 103 Å². The van der Waals surface area contributed by atoms with Gasteiger partial charge in [-0.05, 0) is 24.6 Å². The van der Waals surface area contributed by atoms with Crippen molar-refractivity contribution in [3.63, 3.8) is 0 Å². The molecule has 2 rings (SSSR count). The van der Waals surface area contributed by atoms with Gasteiger partial charge in [-0.25, -0.2) is 17.5 Å². The van der Waals surface area contributed by atoms with Crippen LogP contribution in [0.2, 0.25) is 0 Å². The van der Waals surface area contributed by atoms with Crippen LogP contribution in [0.25, 0.3) is 0 Å². The van der Waals surface area contributed by atoms with Crippen LogP contribution in [0.3, 0.4) is 0 Å². The van der Waals surface area contributed by atoms with E-state index >= 15 is 0 Å². The maximum absolute atomic E-state index is 13.3. The van der Waals surface area contributed by atoms with Gasteiger partial charge < -0.3 is 10.3 Å². The lowest BCUT2D eigenvalue weighted by atomic mass is 10.2. The van der Waals surface area contributed by atoms with Gasteiger partial charge in [0.05, 0.1) is 11.4 Å². The fourth-order valence-corrected chi connectivity index (χ4v) is 3.10. The van der Waals surface area contributed by atoms with Crippen LogP contribution in [0.1, 0.15) is 18.3 Å². The third kappa shape index (κ3) is 3.43. The summed E-state index contributed by atoms with van der Waals surface area (Å²) in [6, 6.07) is 3.49. The molecule has 0 unspecified atom stereocenters. The van der Waals surface area contributed by atoms with Gasteiger partial charge in [0.15, 0.2) is 0 Å². The number of sulfonamides is 1. The Morgan fingerprint density at radius 1 is 1.43 bits per heavy atom. The van der Waals surface area contributed by atoms with Crippen LogP contribution < -0.4 is 10.5 Å². The molecule has 0 aliphatic heterocycles. The molecule has 0 radical (unpaired) electrons. The molecule has 0 saturated carbocycles. The second-order valence-corrected chi connectivity index (χ2v) is 6.05. The zero-order valence-corrected chi connectivity index (χ0v) is 12.3. The molecule has 21 heavy (non-hydrogen) atoms. The SMILES string of the molecule is CCn1cnnc1CNS(=O)(=O)c1cc(F)ccc1CN. The number of halogens is 1. The molecule has 0 atom stereocenters. The van der Waals surface area contributed by atoms with E-state index in [0.717, 1.165) is 6.07 Å². The molecule has 0 spiro atoms. The minimum absolute atomic E-state index is 0.00165. The summed E-state index contributed by atoms with van der Waals surface area (Å²) in [6.07, 6.45) is 1.51. The Morgan fingerprint density at radius 2 is 2.19 bits per heavy atom. The largest absolute Gasteiger partial charge is 0.326 e. The minimum atomic E-state index is -3.88. The number of hydrogen-bond acceptors (Lipinski definition) is 5. The van der Waals surface area contributed by atoms with Crippen LogP contribution >= 0.6 is 0 Å². The molecule has 0 aliphatic carbocycles. The van der Waals surface area contributed by atoms with Gasteiger partial charge in [0.1, 0.15) is 18.0 Å². The van der Waals surface area contributed by atoms with Crippen molar-refractivity contribution in [2.24, 2.45) is 5.73 Å². The first kappa shape index (κ1) is 15.5. The van der Waals surface area contributed by atoms with Crippen LogP contribution in [0.15, 0.2) is 29.4 Å². The highest BCUT2D eigenvalue weighted by atomic mass is 32.2. The van der Waals surface area contributed by atoms with Crippen molar-refractivity contribution < 1.29 is 12.8 Å². The van der Waals surface area contributed by atoms with E-state index in [2.05, 4.69) is 14.9 Å². The summed E-state index contributed by atoms with van der Waals surface area (Å²) < 4.78 is 41.9. The van der Waals surface area contributed by atoms with Gasteiger partial charge in [0.25, 0.3) is 0 Å². The van der Waals surface area contributed by atoms with E-state index in [1.165, 1.54) is 18.5 Å². The van der Waals surface area contributed by atoms with Crippen LogP contribution in [0.5, 0.6) is 0 Å². The van der Waals surface area contributed by atoms with E-state index in [4.69, 9.17) is 5.73 Å². The molecule has 1 aromatic carbocycles. The number of aryl methyl sites for hydroxylation is 1. The maximum Gasteiger partial charge on any atom is 0.241 e. The molecule has 114 valence electrons. The number of nitrogens with one attached hydrogen (secondary N) is 1. The summed E-state index contributed by atoms with van der Waals surface area (Å²) in [5.74, 6) is -0.156. The maximum atomic E-state index is 13.3. The Kier molecular flexibility index (Phi) is 4.66. The third-order valence-corrected chi connectivity index (χ3v) is 4.48. The monoisotopic (exact) mass is 313 g/mol. The third-order valence-electron chi connectivity index (χ3n) is 3.00. The van der Waals surface area contributed by atoms with Crippen molar-refractivity contribution in [1.82, 2.24) is 19.5 Å². The first-order valence-electron chi connectivity index (χ1n) is 6.32. The second-order valence-electron chi connectivity index (χ2n) is 4.31. The molecule has 0 saturated heterocycles. The highest BCUT2D eigenvalue weighted by molar-refractivity contribution is 7.89. The van der Waals surface area contributed by atoms with Gasteiger partial charge in [0.2, 0.25) is 10.0 Å². The summed E-state index contributed by atoms with van der Waals surface area (Å²) in [5, 5.41) is 7.54. The van der Waals surface area contributed by atoms with Gasteiger partial charge in [0, 0.05) is 13.1 Å². The second kappa shape index (κ2) is 6.29. The van der Waals surface area contributed by atoms with Crippen LogP contribution in [-0.4, -0.2) is 23.2 Å². The smallest absolute Gasteiger partial charge is 0.241 e. The first-order valence-corrected chi connectivity index (χ1v) is 7.81. The summed E-state index contributed by atoms with van der Waals surface area (Å²) in [7, 11) is -3.88. The molecule has 0 amide bonds. The molecule has 1 heterocycles. The molecule has 0 fully saturated rings. The molecular weight excluding hydrogens is 297 g/mol. The van der Waals surface area contributed by atoms with Gasteiger partial charge in [-0.3, -0.25) is 0 Å². The van der Waals surface area contributed by atoms with Crippen molar-refractivity contribution in [2.75, 3.05) is 0 Å². The molecule has 2 aromatic rings. The van der Waals surface area contributed by atoms with E-state index < -0.39 is 15.8 Å². The lowest BCUT2D eigenvalue weighted by Crippen LogP contribution is -2.26. The summed E-state index contributed by atoms with van der Waals surface area (Å²) in [4.78, 5) is -0.160. The predicted molar refractivity (Wildman–Crippen MR) is 74.0 cm³/mol. The average Bonchev–Trinajstić information content (AvgIpc) is 2.92. The summed E-state index contributed by atoms with van der Waals surface area (Å²) in [6.45, 7) is 2.48. The lowest BCUT2D eigenvalue weighted by Gasteiger charge is -2.10. The van der Waals surface area contributed by atoms with Crippen molar-refractivity contribution in [1.29, 1.82) is 0 Å². The van der Waals surface area contributed by atoms with Crippen molar-refractivity contribution >= 4 is 10.0 Å². The summed E-state index contributed by atoms with van der Waals surface area (Å²) in [5.41, 5.74) is 5.84. The van der Waals surface area contributed by atoms with Gasteiger partial charge >= 0.3 is 0 Å². The molecule has 1 aromatic heterocycles. The fourth-order valence-electron chi connectivity index (χ4n) is 1.86.